The molecule has 230 valence electrons. The fourth-order valence-electron chi connectivity index (χ4n) is 6.38. The topological polar surface area (TPSA) is 125 Å². The van der Waals surface area contributed by atoms with Crippen molar-refractivity contribution >= 4 is 18.1 Å². The van der Waals surface area contributed by atoms with Crippen LogP contribution < -0.4 is 14.8 Å². The number of carbonyl (C=O) groups is 3. The lowest BCUT2D eigenvalue weighted by molar-refractivity contribution is -0.137. The number of carbonyl (C=O) groups excluding carboxylic acids is 3. The van der Waals surface area contributed by atoms with Crippen molar-refractivity contribution in [3.8, 4) is 11.5 Å². The molecule has 1 heterocycles. The number of amides is 2. The van der Waals surface area contributed by atoms with Crippen LogP contribution in [0.4, 0.5) is 13.2 Å². The van der Waals surface area contributed by atoms with Crippen molar-refractivity contribution in [3.63, 3.8) is 0 Å². The third kappa shape index (κ3) is 5.85. The number of nitrogens with zero attached hydrogens (tertiary/aromatic N) is 1. The number of fused-ring (bicyclic) bond motifs is 3. The molecule has 3 N–H and O–H groups in total. The van der Waals surface area contributed by atoms with Crippen molar-refractivity contribution in [2.24, 2.45) is 0 Å². The van der Waals surface area contributed by atoms with Gasteiger partial charge in [-0.25, -0.2) is 0 Å². The number of benzene rings is 2. The number of hydrogen-bond acceptors (Lipinski definition) is 7. The number of aliphatic hydroxyl groups excluding tert-OH is 2. The first-order valence-electron chi connectivity index (χ1n) is 14.2. The maximum absolute atomic E-state index is 14.1. The van der Waals surface area contributed by atoms with Crippen LogP contribution in [-0.4, -0.2) is 77.8 Å². The average Bonchev–Trinajstić information content (AvgIpc) is 3.40. The van der Waals surface area contributed by atoms with E-state index in [2.05, 4.69) is 5.32 Å². The highest BCUT2D eigenvalue weighted by Crippen LogP contribution is 2.51. The van der Waals surface area contributed by atoms with Gasteiger partial charge in [0.05, 0.1) is 31.2 Å². The molecule has 2 amide bonds. The second-order valence-electron chi connectivity index (χ2n) is 11.0. The van der Waals surface area contributed by atoms with Gasteiger partial charge in [-0.2, -0.15) is 13.2 Å². The third-order valence-corrected chi connectivity index (χ3v) is 8.39. The molecule has 3 aliphatic rings. The van der Waals surface area contributed by atoms with E-state index in [1.165, 1.54) is 24.2 Å². The highest BCUT2D eigenvalue weighted by atomic mass is 19.4. The van der Waals surface area contributed by atoms with E-state index in [-0.39, 0.29) is 47.4 Å². The average molecular weight is 603 g/mol. The Labute approximate surface area is 246 Å². The monoisotopic (exact) mass is 602 g/mol. The van der Waals surface area contributed by atoms with Crippen LogP contribution in [0, 0.1) is 0 Å². The predicted octanol–water partition coefficient (Wildman–Crippen LogP) is 3.62. The van der Waals surface area contributed by atoms with Crippen molar-refractivity contribution in [2.45, 2.75) is 68.5 Å². The fourth-order valence-corrected chi connectivity index (χ4v) is 6.38. The summed E-state index contributed by atoms with van der Waals surface area (Å²) in [4.78, 5) is 40.7. The number of hydrogen-bond donors (Lipinski definition) is 3. The van der Waals surface area contributed by atoms with Crippen LogP contribution in [0.1, 0.15) is 69.9 Å². The van der Waals surface area contributed by atoms with Gasteiger partial charge in [0.1, 0.15) is 18.5 Å². The second-order valence-corrected chi connectivity index (χ2v) is 11.0. The van der Waals surface area contributed by atoms with E-state index in [1.54, 1.807) is 6.07 Å². The lowest BCUT2D eigenvalue weighted by Gasteiger charge is -2.45. The standard InChI is InChI=1S/C31H33F3N2O7/c1-42-24-14-17(16-38)13-21-25-22(29(40)35-11-12-37)15-23(26(39)28(25)43-27(21)24)36(20-5-3-2-4-6-20)30(41)18-7-9-19(10-8-18)31(32,33)34/h7-10,13-16,20,23,25-26,28,37,39H,2-6,11-12H2,1H3,(H,35,40)/t23-,25+,26+,28+/m1/s1. The first-order chi connectivity index (χ1) is 20.6. The van der Waals surface area contributed by atoms with Gasteiger partial charge in [-0.1, -0.05) is 19.3 Å². The molecule has 1 saturated carbocycles. The number of ether oxygens (including phenoxy) is 2. The molecule has 5 rings (SSSR count). The highest BCUT2D eigenvalue weighted by molar-refractivity contribution is 5.98. The highest BCUT2D eigenvalue weighted by Gasteiger charge is 2.52. The second kappa shape index (κ2) is 12.4. The normalized spacial score (nSPS) is 23.3. The maximum atomic E-state index is 14.1. The summed E-state index contributed by atoms with van der Waals surface area (Å²) in [5, 5.41) is 23.8. The van der Waals surface area contributed by atoms with Crippen molar-refractivity contribution in [3.05, 3.63) is 70.3 Å². The molecule has 2 aliphatic carbocycles. The van der Waals surface area contributed by atoms with E-state index < -0.39 is 47.7 Å². The number of aliphatic hydroxyl groups is 2. The summed E-state index contributed by atoms with van der Waals surface area (Å²) in [5.41, 5.74) is 0.0111. The Morgan fingerprint density at radius 2 is 1.84 bits per heavy atom. The van der Waals surface area contributed by atoms with Crippen LogP contribution in [-0.2, 0) is 11.0 Å². The molecule has 9 nitrogen and oxygen atoms in total. The summed E-state index contributed by atoms with van der Waals surface area (Å²) in [6.45, 7) is -0.376. The third-order valence-electron chi connectivity index (χ3n) is 8.39. The SMILES string of the molecule is COc1cc(C=O)cc2c1O[C@@H]1[C@@H](O)[C@H](N(C(=O)c3ccc(C(F)(F)F)cc3)C3CCCCC3)C=C(C(=O)NCCO)[C@H]21. The first kappa shape index (κ1) is 30.6. The van der Waals surface area contributed by atoms with Gasteiger partial charge in [0, 0.05) is 34.9 Å². The molecule has 0 bridgehead atoms. The van der Waals surface area contributed by atoms with Gasteiger partial charge in [-0.05, 0) is 55.3 Å². The minimum atomic E-state index is -4.57. The molecule has 0 saturated heterocycles. The summed E-state index contributed by atoms with van der Waals surface area (Å²) in [6.07, 6.45) is -1.03. The zero-order valence-corrected chi connectivity index (χ0v) is 23.5. The van der Waals surface area contributed by atoms with Crippen molar-refractivity contribution in [2.75, 3.05) is 20.3 Å². The van der Waals surface area contributed by atoms with Crippen LogP contribution in [0.5, 0.6) is 11.5 Å². The molecule has 4 atom stereocenters. The van der Waals surface area contributed by atoms with Crippen LogP contribution >= 0.6 is 0 Å². The molecule has 12 heteroatoms. The lowest BCUT2D eigenvalue weighted by Crippen LogP contribution is -2.58. The summed E-state index contributed by atoms with van der Waals surface area (Å²) >= 11 is 0. The Bertz CT molecular complexity index is 1400. The minimum absolute atomic E-state index is 0.0144. The van der Waals surface area contributed by atoms with Crippen LogP contribution in [0.25, 0.3) is 0 Å². The zero-order chi connectivity index (χ0) is 30.9. The largest absolute Gasteiger partial charge is 0.493 e. The van der Waals surface area contributed by atoms with E-state index in [9.17, 15) is 37.8 Å². The van der Waals surface area contributed by atoms with E-state index in [4.69, 9.17) is 9.47 Å². The molecule has 0 unspecified atom stereocenters. The van der Waals surface area contributed by atoms with Gasteiger partial charge in [0.25, 0.3) is 5.91 Å². The van der Waals surface area contributed by atoms with Crippen molar-refractivity contribution < 1.29 is 47.2 Å². The fraction of sp³-hybridized carbons (Fsp3) is 0.452. The zero-order valence-electron chi connectivity index (χ0n) is 23.5. The summed E-state index contributed by atoms with van der Waals surface area (Å²) in [6, 6.07) is 5.54. The summed E-state index contributed by atoms with van der Waals surface area (Å²) in [5.74, 6) is -1.48. The molecular formula is C31H33F3N2O7. The van der Waals surface area contributed by atoms with E-state index in [1.807, 2.05) is 0 Å². The molecule has 2 aromatic rings. The van der Waals surface area contributed by atoms with Gasteiger partial charge in [0.15, 0.2) is 11.5 Å². The smallest absolute Gasteiger partial charge is 0.416 e. The number of rotatable bonds is 8. The molecule has 1 aliphatic heterocycles. The molecule has 0 radical (unpaired) electrons. The maximum Gasteiger partial charge on any atom is 0.416 e. The van der Waals surface area contributed by atoms with Crippen molar-refractivity contribution in [1.82, 2.24) is 10.2 Å². The van der Waals surface area contributed by atoms with Gasteiger partial charge in [-0.3, -0.25) is 14.4 Å². The van der Waals surface area contributed by atoms with Crippen LogP contribution in [0.3, 0.4) is 0 Å². The van der Waals surface area contributed by atoms with Crippen LogP contribution in [0.2, 0.25) is 0 Å². The number of methoxy groups -OCH3 is 1. The molecule has 0 spiro atoms. The summed E-state index contributed by atoms with van der Waals surface area (Å²) < 4.78 is 51.3. The van der Waals surface area contributed by atoms with Gasteiger partial charge >= 0.3 is 6.18 Å². The quantitative estimate of drug-likeness (QED) is 0.394. The van der Waals surface area contributed by atoms with Crippen LogP contribution in [0.15, 0.2) is 48.0 Å². The Kier molecular flexibility index (Phi) is 8.79. The molecule has 2 aromatic carbocycles. The van der Waals surface area contributed by atoms with Gasteiger partial charge in [-0.15, -0.1) is 0 Å². The van der Waals surface area contributed by atoms with E-state index in [0.29, 0.717) is 24.7 Å². The Morgan fingerprint density at radius 1 is 1.14 bits per heavy atom. The van der Waals surface area contributed by atoms with Crippen molar-refractivity contribution in [1.29, 1.82) is 0 Å². The van der Waals surface area contributed by atoms with E-state index >= 15 is 0 Å². The first-order valence-corrected chi connectivity index (χ1v) is 14.2. The van der Waals surface area contributed by atoms with Gasteiger partial charge < -0.3 is 29.9 Å². The molecule has 1 fully saturated rings. The molecule has 43 heavy (non-hydrogen) atoms. The van der Waals surface area contributed by atoms with E-state index in [0.717, 1.165) is 43.5 Å². The Hall–Kier alpha value is -3.90. The Morgan fingerprint density at radius 3 is 2.44 bits per heavy atom. The summed E-state index contributed by atoms with van der Waals surface area (Å²) in [7, 11) is 1.40. The Balaban J connectivity index is 1.61. The predicted molar refractivity (Wildman–Crippen MR) is 148 cm³/mol. The lowest BCUT2D eigenvalue weighted by atomic mass is 9.76. The number of alkyl halides is 3. The number of nitrogens with one attached hydrogen (secondary N) is 1. The number of aldehydes is 1. The minimum Gasteiger partial charge on any atom is -0.493 e. The molecule has 0 aromatic heterocycles. The molecular weight excluding hydrogens is 569 g/mol. The number of halogens is 3. The van der Waals surface area contributed by atoms with Gasteiger partial charge in [0.2, 0.25) is 5.91 Å².